The summed E-state index contributed by atoms with van der Waals surface area (Å²) in [6, 6.07) is 0. The fraction of sp³-hybridized carbons (Fsp3) is 0.846. The average molecular weight is 196 g/mol. The molecule has 0 atom stereocenters. The first-order valence-electron chi connectivity index (χ1n) is 5.72. The lowest BCUT2D eigenvalue weighted by molar-refractivity contribution is -0.0767. The molecule has 1 fully saturated rings. The summed E-state index contributed by atoms with van der Waals surface area (Å²) in [6.07, 6.45) is 5.40. The van der Waals surface area contributed by atoms with Crippen LogP contribution in [-0.4, -0.2) is 11.7 Å². The van der Waals surface area contributed by atoms with Crippen LogP contribution in [0.3, 0.4) is 0 Å². The SMILES string of the molecule is C=C(C)C1CCC(OC(C)(C)C)CC1. The Kier molecular flexibility index (Phi) is 3.77. The van der Waals surface area contributed by atoms with Gasteiger partial charge in [0, 0.05) is 0 Å². The molecule has 0 amide bonds. The average Bonchev–Trinajstić information content (AvgIpc) is 2.02. The second kappa shape index (κ2) is 4.48. The predicted octanol–water partition coefficient (Wildman–Crippen LogP) is 3.94. The molecule has 1 rings (SSSR count). The Morgan fingerprint density at radius 3 is 2.00 bits per heavy atom. The summed E-state index contributed by atoms with van der Waals surface area (Å²) in [5, 5.41) is 0. The molecule has 0 N–H and O–H groups in total. The van der Waals surface area contributed by atoms with Gasteiger partial charge in [0.25, 0.3) is 0 Å². The van der Waals surface area contributed by atoms with Crippen molar-refractivity contribution in [3.8, 4) is 0 Å². The van der Waals surface area contributed by atoms with Crippen molar-refractivity contribution in [1.29, 1.82) is 0 Å². The maximum Gasteiger partial charge on any atom is 0.0602 e. The van der Waals surface area contributed by atoms with Crippen LogP contribution in [-0.2, 0) is 4.74 Å². The molecular formula is C13H24O. The van der Waals surface area contributed by atoms with Crippen LogP contribution in [0.2, 0.25) is 0 Å². The normalized spacial score (nSPS) is 28.9. The van der Waals surface area contributed by atoms with Gasteiger partial charge in [0.15, 0.2) is 0 Å². The van der Waals surface area contributed by atoms with Crippen molar-refractivity contribution >= 4 is 0 Å². The zero-order valence-corrected chi connectivity index (χ0v) is 10.1. The van der Waals surface area contributed by atoms with Crippen LogP contribution in [0, 0.1) is 5.92 Å². The van der Waals surface area contributed by atoms with E-state index in [0.717, 1.165) is 5.92 Å². The van der Waals surface area contributed by atoms with Crippen LogP contribution < -0.4 is 0 Å². The van der Waals surface area contributed by atoms with Crippen molar-refractivity contribution in [2.24, 2.45) is 5.92 Å². The van der Waals surface area contributed by atoms with Crippen LogP contribution in [0.4, 0.5) is 0 Å². The van der Waals surface area contributed by atoms with Gasteiger partial charge in [0.2, 0.25) is 0 Å². The monoisotopic (exact) mass is 196 g/mol. The van der Waals surface area contributed by atoms with Crippen LogP contribution >= 0.6 is 0 Å². The summed E-state index contributed by atoms with van der Waals surface area (Å²) in [4.78, 5) is 0. The molecule has 0 aromatic heterocycles. The zero-order chi connectivity index (χ0) is 10.8. The number of ether oxygens (including phenoxy) is 1. The lowest BCUT2D eigenvalue weighted by atomic mass is 9.83. The molecule has 0 saturated heterocycles. The molecule has 14 heavy (non-hydrogen) atoms. The minimum Gasteiger partial charge on any atom is -0.373 e. The van der Waals surface area contributed by atoms with Crippen LogP contribution in [0.15, 0.2) is 12.2 Å². The van der Waals surface area contributed by atoms with Gasteiger partial charge in [-0.05, 0) is 59.3 Å². The van der Waals surface area contributed by atoms with E-state index < -0.39 is 0 Å². The van der Waals surface area contributed by atoms with E-state index in [0.29, 0.717) is 6.10 Å². The van der Waals surface area contributed by atoms with Gasteiger partial charge in [-0.25, -0.2) is 0 Å². The lowest BCUT2D eigenvalue weighted by Crippen LogP contribution is -2.30. The molecular weight excluding hydrogens is 172 g/mol. The second-order valence-electron chi connectivity index (χ2n) is 5.55. The summed E-state index contributed by atoms with van der Waals surface area (Å²) < 4.78 is 5.98. The third-order valence-electron chi connectivity index (χ3n) is 2.89. The smallest absolute Gasteiger partial charge is 0.0602 e. The molecule has 82 valence electrons. The highest BCUT2D eigenvalue weighted by Gasteiger charge is 2.25. The largest absolute Gasteiger partial charge is 0.373 e. The van der Waals surface area contributed by atoms with Gasteiger partial charge >= 0.3 is 0 Å². The summed E-state index contributed by atoms with van der Waals surface area (Å²) >= 11 is 0. The highest BCUT2D eigenvalue weighted by Crippen LogP contribution is 2.32. The predicted molar refractivity (Wildman–Crippen MR) is 61.4 cm³/mol. The fourth-order valence-corrected chi connectivity index (χ4v) is 2.17. The Labute approximate surface area is 88.5 Å². The van der Waals surface area contributed by atoms with Gasteiger partial charge < -0.3 is 4.74 Å². The van der Waals surface area contributed by atoms with E-state index in [9.17, 15) is 0 Å². The van der Waals surface area contributed by atoms with Gasteiger partial charge in [0.1, 0.15) is 0 Å². The minimum absolute atomic E-state index is 0.0146. The van der Waals surface area contributed by atoms with Gasteiger partial charge in [-0.1, -0.05) is 12.2 Å². The third kappa shape index (κ3) is 3.83. The molecule has 0 aromatic carbocycles. The summed E-state index contributed by atoms with van der Waals surface area (Å²) in [6.45, 7) is 12.6. The van der Waals surface area contributed by atoms with E-state index in [1.807, 2.05) is 0 Å². The van der Waals surface area contributed by atoms with E-state index in [4.69, 9.17) is 4.74 Å². The Hall–Kier alpha value is -0.300. The highest BCUT2D eigenvalue weighted by atomic mass is 16.5. The van der Waals surface area contributed by atoms with Crippen molar-refractivity contribution in [2.45, 2.75) is 65.1 Å². The number of hydrogen-bond donors (Lipinski definition) is 0. The molecule has 0 unspecified atom stereocenters. The third-order valence-corrected chi connectivity index (χ3v) is 2.89. The van der Waals surface area contributed by atoms with E-state index in [1.165, 1.54) is 31.3 Å². The summed E-state index contributed by atoms with van der Waals surface area (Å²) in [7, 11) is 0. The van der Waals surface area contributed by atoms with E-state index in [2.05, 4.69) is 34.3 Å². The maximum atomic E-state index is 5.98. The Morgan fingerprint density at radius 1 is 1.14 bits per heavy atom. The molecule has 1 aliphatic rings. The first-order valence-corrected chi connectivity index (χ1v) is 5.72. The summed E-state index contributed by atoms with van der Waals surface area (Å²) in [5.41, 5.74) is 1.36. The van der Waals surface area contributed by atoms with E-state index in [1.54, 1.807) is 0 Å². The number of allylic oxidation sites excluding steroid dienone is 1. The zero-order valence-electron chi connectivity index (χ0n) is 10.1. The van der Waals surface area contributed by atoms with Crippen molar-refractivity contribution in [1.82, 2.24) is 0 Å². The second-order valence-corrected chi connectivity index (χ2v) is 5.55. The maximum absolute atomic E-state index is 5.98. The minimum atomic E-state index is 0.0146. The Morgan fingerprint density at radius 2 is 1.64 bits per heavy atom. The molecule has 1 saturated carbocycles. The van der Waals surface area contributed by atoms with Gasteiger partial charge in [-0.15, -0.1) is 0 Å². The van der Waals surface area contributed by atoms with Gasteiger partial charge in [0.05, 0.1) is 11.7 Å². The first-order chi connectivity index (χ1) is 6.38. The molecule has 0 aromatic rings. The van der Waals surface area contributed by atoms with Crippen molar-refractivity contribution in [3.05, 3.63) is 12.2 Å². The Bertz CT molecular complexity index is 192. The van der Waals surface area contributed by atoms with Gasteiger partial charge in [-0.2, -0.15) is 0 Å². The topological polar surface area (TPSA) is 9.23 Å². The lowest BCUT2D eigenvalue weighted by Gasteiger charge is -2.33. The van der Waals surface area contributed by atoms with E-state index >= 15 is 0 Å². The van der Waals surface area contributed by atoms with Crippen molar-refractivity contribution < 1.29 is 4.74 Å². The first kappa shape index (κ1) is 11.8. The van der Waals surface area contributed by atoms with Crippen LogP contribution in [0.25, 0.3) is 0 Å². The van der Waals surface area contributed by atoms with Crippen molar-refractivity contribution in [3.63, 3.8) is 0 Å². The van der Waals surface area contributed by atoms with Gasteiger partial charge in [-0.3, -0.25) is 0 Å². The quantitative estimate of drug-likeness (QED) is 0.608. The highest BCUT2D eigenvalue weighted by molar-refractivity contribution is 4.98. The molecule has 0 spiro atoms. The van der Waals surface area contributed by atoms with E-state index in [-0.39, 0.29) is 5.60 Å². The molecule has 0 heterocycles. The number of hydrogen-bond acceptors (Lipinski definition) is 1. The van der Waals surface area contributed by atoms with Crippen LogP contribution in [0.5, 0.6) is 0 Å². The molecule has 0 bridgehead atoms. The Balaban J connectivity index is 2.33. The standard InChI is InChI=1S/C13H24O/c1-10(2)11-6-8-12(9-7-11)14-13(3,4)5/h11-12H,1,6-9H2,2-5H3. The van der Waals surface area contributed by atoms with Crippen molar-refractivity contribution in [2.75, 3.05) is 0 Å². The molecule has 1 aliphatic carbocycles. The number of rotatable bonds is 2. The molecule has 1 heteroatoms. The molecule has 0 aliphatic heterocycles. The molecule has 1 nitrogen and oxygen atoms in total. The van der Waals surface area contributed by atoms with Crippen LogP contribution in [0.1, 0.15) is 53.4 Å². The fourth-order valence-electron chi connectivity index (χ4n) is 2.17. The molecule has 0 radical (unpaired) electrons. The summed E-state index contributed by atoms with van der Waals surface area (Å²) in [5.74, 6) is 0.745.